The van der Waals surface area contributed by atoms with Crippen LogP contribution in [0.15, 0.2) is 5.51 Å². The second-order valence-corrected chi connectivity index (χ2v) is 5.29. The molecule has 0 spiro atoms. The summed E-state index contributed by atoms with van der Waals surface area (Å²) in [5.41, 5.74) is 4.43. The van der Waals surface area contributed by atoms with Gasteiger partial charge in [-0.2, -0.15) is 0 Å². The van der Waals surface area contributed by atoms with Crippen LogP contribution in [0.5, 0.6) is 0 Å². The molecule has 0 aliphatic heterocycles. The zero-order valence-electron chi connectivity index (χ0n) is 12.0. The van der Waals surface area contributed by atoms with Gasteiger partial charge in [0.1, 0.15) is 15.9 Å². The van der Waals surface area contributed by atoms with E-state index in [0.717, 1.165) is 35.4 Å². The van der Waals surface area contributed by atoms with Crippen LogP contribution in [-0.4, -0.2) is 29.1 Å². The van der Waals surface area contributed by atoms with Crippen molar-refractivity contribution in [3.63, 3.8) is 0 Å². The predicted octanol–water partition coefficient (Wildman–Crippen LogP) is 3.39. The number of hydrogen-bond acceptors (Lipinski definition) is 6. The van der Waals surface area contributed by atoms with Gasteiger partial charge >= 0.3 is 5.97 Å². The highest BCUT2D eigenvalue weighted by atomic mass is 32.1. The van der Waals surface area contributed by atoms with Crippen molar-refractivity contribution >= 4 is 33.3 Å². The zero-order chi connectivity index (χ0) is 14.5. The summed E-state index contributed by atoms with van der Waals surface area (Å²) in [6.45, 7) is 6.91. The third-order valence-electron chi connectivity index (χ3n) is 2.98. The van der Waals surface area contributed by atoms with Crippen molar-refractivity contribution < 1.29 is 9.53 Å². The van der Waals surface area contributed by atoms with Crippen LogP contribution in [0.4, 0.5) is 5.69 Å². The molecule has 2 heterocycles. The largest absolute Gasteiger partial charge is 0.462 e. The smallest absolute Gasteiger partial charge is 0.342 e. The molecule has 5 nitrogen and oxygen atoms in total. The molecule has 6 heteroatoms. The summed E-state index contributed by atoms with van der Waals surface area (Å²) in [7, 11) is 0. The number of thiazole rings is 1. The van der Waals surface area contributed by atoms with E-state index in [9.17, 15) is 4.79 Å². The van der Waals surface area contributed by atoms with E-state index >= 15 is 0 Å². The highest BCUT2D eigenvalue weighted by Gasteiger charge is 2.21. The molecule has 0 saturated heterocycles. The standard InChI is InChI=1S/C14H19N3O2S/c1-4-6-7-15-11-10(14(18)19-5-2)9(3)17-13-12(11)16-8-20-13/h8H,4-7H2,1-3H3,(H,15,17). The molecule has 20 heavy (non-hydrogen) atoms. The van der Waals surface area contributed by atoms with Gasteiger partial charge in [0.15, 0.2) is 0 Å². The summed E-state index contributed by atoms with van der Waals surface area (Å²) in [4.78, 5) is 21.8. The van der Waals surface area contributed by atoms with Crippen LogP contribution >= 0.6 is 11.3 Å². The van der Waals surface area contributed by atoms with Gasteiger partial charge in [-0.1, -0.05) is 13.3 Å². The number of esters is 1. The van der Waals surface area contributed by atoms with Gasteiger partial charge in [-0.3, -0.25) is 0 Å². The average molecular weight is 293 g/mol. The Hall–Kier alpha value is -1.69. The van der Waals surface area contributed by atoms with Gasteiger partial charge in [-0.15, -0.1) is 11.3 Å². The second kappa shape index (κ2) is 6.65. The first-order chi connectivity index (χ1) is 9.69. The van der Waals surface area contributed by atoms with Crippen molar-refractivity contribution in [1.82, 2.24) is 9.97 Å². The Morgan fingerprint density at radius 2 is 2.25 bits per heavy atom. The van der Waals surface area contributed by atoms with Gasteiger partial charge in [-0.25, -0.2) is 14.8 Å². The maximum atomic E-state index is 12.2. The first-order valence-corrected chi connectivity index (χ1v) is 7.71. The Labute approximate surface area is 122 Å². The molecule has 1 N–H and O–H groups in total. The van der Waals surface area contributed by atoms with Crippen LogP contribution in [-0.2, 0) is 4.74 Å². The summed E-state index contributed by atoms with van der Waals surface area (Å²) < 4.78 is 5.14. The van der Waals surface area contributed by atoms with Crippen molar-refractivity contribution in [2.24, 2.45) is 0 Å². The number of fused-ring (bicyclic) bond motifs is 1. The number of aromatic nitrogens is 2. The number of pyridine rings is 1. The molecule has 2 aromatic heterocycles. The van der Waals surface area contributed by atoms with Gasteiger partial charge in [0.05, 0.1) is 23.5 Å². The van der Waals surface area contributed by atoms with E-state index in [1.807, 2.05) is 6.92 Å². The lowest BCUT2D eigenvalue weighted by molar-refractivity contribution is 0.0526. The third kappa shape index (κ3) is 2.90. The molecule has 0 aliphatic carbocycles. The molecule has 0 unspecified atom stereocenters. The lowest BCUT2D eigenvalue weighted by Gasteiger charge is -2.13. The summed E-state index contributed by atoms with van der Waals surface area (Å²) >= 11 is 1.47. The number of carbonyl (C=O) groups excluding carboxylic acids is 1. The van der Waals surface area contributed by atoms with Crippen LogP contribution in [0.3, 0.4) is 0 Å². The van der Waals surface area contributed by atoms with Crippen LogP contribution in [0.1, 0.15) is 42.7 Å². The number of carbonyl (C=O) groups is 1. The fraction of sp³-hybridized carbons (Fsp3) is 0.500. The van der Waals surface area contributed by atoms with E-state index in [-0.39, 0.29) is 5.97 Å². The van der Waals surface area contributed by atoms with E-state index in [1.165, 1.54) is 11.3 Å². The molecular weight excluding hydrogens is 274 g/mol. The topological polar surface area (TPSA) is 64.1 Å². The molecular formula is C14H19N3O2S. The molecule has 0 aliphatic rings. The van der Waals surface area contributed by atoms with Crippen molar-refractivity contribution in [3.8, 4) is 0 Å². The molecule has 108 valence electrons. The van der Waals surface area contributed by atoms with Crippen molar-refractivity contribution in [2.45, 2.75) is 33.6 Å². The van der Waals surface area contributed by atoms with Crippen LogP contribution < -0.4 is 5.32 Å². The molecule has 2 aromatic rings. The molecule has 0 atom stereocenters. The summed E-state index contributed by atoms with van der Waals surface area (Å²) in [5, 5.41) is 3.33. The summed E-state index contributed by atoms with van der Waals surface area (Å²) in [5.74, 6) is -0.341. The molecule has 0 fully saturated rings. The van der Waals surface area contributed by atoms with E-state index in [1.54, 1.807) is 12.4 Å². The van der Waals surface area contributed by atoms with Crippen molar-refractivity contribution in [3.05, 3.63) is 16.8 Å². The number of aryl methyl sites for hydroxylation is 1. The Kier molecular flexibility index (Phi) is 4.89. The first kappa shape index (κ1) is 14.7. The molecule has 0 saturated carbocycles. The van der Waals surface area contributed by atoms with Crippen LogP contribution in [0.2, 0.25) is 0 Å². The van der Waals surface area contributed by atoms with E-state index in [0.29, 0.717) is 17.9 Å². The number of rotatable bonds is 6. The van der Waals surface area contributed by atoms with Gasteiger partial charge < -0.3 is 10.1 Å². The number of anilines is 1. The maximum Gasteiger partial charge on any atom is 0.342 e. The first-order valence-electron chi connectivity index (χ1n) is 6.83. The maximum absolute atomic E-state index is 12.2. The fourth-order valence-electron chi connectivity index (χ4n) is 2.01. The molecule has 0 bridgehead atoms. The lowest BCUT2D eigenvalue weighted by atomic mass is 10.1. The third-order valence-corrected chi connectivity index (χ3v) is 3.70. The van der Waals surface area contributed by atoms with Gasteiger partial charge in [0.25, 0.3) is 0 Å². The normalized spacial score (nSPS) is 10.8. The molecule has 2 rings (SSSR count). The minimum atomic E-state index is -0.341. The Morgan fingerprint density at radius 1 is 1.45 bits per heavy atom. The van der Waals surface area contributed by atoms with E-state index < -0.39 is 0 Å². The molecule has 0 amide bonds. The number of ether oxygens (including phenoxy) is 1. The van der Waals surface area contributed by atoms with Crippen molar-refractivity contribution in [2.75, 3.05) is 18.5 Å². The highest BCUT2D eigenvalue weighted by Crippen LogP contribution is 2.30. The van der Waals surface area contributed by atoms with Crippen molar-refractivity contribution in [1.29, 1.82) is 0 Å². The monoisotopic (exact) mass is 293 g/mol. The van der Waals surface area contributed by atoms with E-state index in [4.69, 9.17) is 4.74 Å². The fourth-order valence-corrected chi connectivity index (χ4v) is 2.73. The number of hydrogen-bond donors (Lipinski definition) is 1. The molecule has 0 aromatic carbocycles. The Bertz CT molecular complexity index is 610. The molecule has 0 radical (unpaired) electrons. The predicted molar refractivity (Wildman–Crippen MR) is 81.5 cm³/mol. The van der Waals surface area contributed by atoms with Gasteiger partial charge in [0.2, 0.25) is 0 Å². The number of nitrogens with zero attached hydrogens (tertiary/aromatic N) is 2. The Morgan fingerprint density at radius 3 is 2.95 bits per heavy atom. The quantitative estimate of drug-likeness (QED) is 0.653. The minimum absolute atomic E-state index is 0.341. The summed E-state index contributed by atoms with van der Waals surface area (Å²) in [6, 6.07) is 0. The zero-order valence-corrected chi connectivity index (χ0v) is 12.8. The van der Waals surface area contributed by atoms with Crippen LogP contribution in [0, 0.1) is 6.92 Å². The second-order valence-electron chi connectivity index (χ2n) is 4.45. The van der Waals surface area contributed by atoms with Crippen LogP contribution in [0.25, 0.3) is 10.3 Å². The average Bonchev–Trinajstić information content (AvgIpc) is 2.86. The number of unbranched alkanes of at least 4 members (excludes halogenated alkanes) is 1. The Balaban J connectivity index is 2.48. The minimum Gasteiger partial charge on any atom is -0.462 e. The summed E-state index contributed by atoms with van der Waals surface area (Å²) in [6.07, 6.45) is 2.13. The lowest BCUT2D eigenvalue weighted by Crippen LogP contribution is -2.14. The van der Waals surface area contributed by atoms with E-state index in [2.05, 4.69) is 22.2 Å². The number of nitrogens with one attached hydrogen (secondary N) is 1. The SMILES string of the molecule is CCCCNc1c(C(=O)OCC)c(C)nc2scnc12. The van der Waals surface area contributed by atoms with Gasteiger partial charge in [0, 0.05) is 6.54 Å². The van der Waals surface area contributed by atoms with Gasteiger partial charge in [-0.05, 0) is 20.3 Å². The highest BCUT2D eigenvalue weighted by molar-refractivity contribution is 7.16.